The van der Waals surface area contributed by atoms with Gasteiger partial charge in [-0.1, -0.05) is 53.0 Å². The normalized spacial score (nSPS) is 11.9. The van der Waals surface area contributed by atoms with E-state index in [-0.39, 0.29) is 28.8 Å². The maximum Gasteiger partial charge on any atom is 0.264 e. The van der Waals surface area contributed by atoms with Crippen molar-refractivity contribution in [2.45, 2.75) is 44.2 Å². The molecule has 1 N–H and O–H groups in total. The van der Waals surface area contributed by atoms with Crippen LogP contribution in [0.25, 0.3) is 0 Å². The summed E-state index contributed by atoms with van der Waals surface area (Å²) in [6.45, 7) is 3.64. The van der Waals surface area contributed by atoms with Crippen LogP contribution in [0.5, 0.6) is 11.5 Å². The highest BCUT2D eigenvalue weighted by Crippen LogP contribution is 2.32. The third-order valence-electron chi connectivity index (χ3n) is 6.58. The van der Waals surface area contributed by atoms with Gasteiger partial charge in [0.1, 0.15) is 12.6 Å². The molecule has 0 radical (unpaired) electrons. The van der Waals surface area contributed by atoms with Gasteiger partial charge in [0.2, 0.25) is 11.8 Å². The number of methoxy groups -OCH3 is 2. The van der Waals surface area contributed by atoms with Crippen molar-refractivity contribution in [1.82, 2.24) is 10.2 Å². The third-order valence-corrected chi connectivity index (χ3v) is 9.09. The summed E-state index contributed by atoms with van der Waals surface area (Å²) >= 11 is 9.53. The van der Waals surface area contributed by atoms with Crippen LogP contribution in [0.3, 0.4) is 0 Å². The van der Waals surface area contributed by atoms with Crippen molar-refractivity contribution in [1.29, 1.82) is 0 Å². The molecule has 0 aromatic heterocycles. The molecule has 1 unspecified atom stereocenters. The van der Waals surface area contributed by atoms with E-state index in [1.54, 1.807) is 19.1 Å². The van der Waals surface area contributed by atoms with Gasteiger partial charge >= 0.3 is 0 Å². The fourth-order valence-electron chi connectivity index (χ4n) is 4.19. The number of hydrogen-bond donors (Lipinski definition) is 1. The van der Waals surface area contributed by atoms with E-state index in [0.717, 1.165) is 27.2 Å². The Kier molecular flexibility index (Phi) is 12.1. The number of benzene rings is 3. The molecule has 3 aromatic carbocycles. The first-order valence-electron chi connectivity index (χ1n) is 13.3. The third kappa shape index (κ3) is 8.39. The molecule has 3 aromatic rings. The first kappa shape index (κ1) is 33.2. The monoisotopic (exact) mass is 679 g/mol. The number of halogens is 2. The number of carbonyl (C=O) groups is 2. The lowest BCUT2D eigenvalue weighted by molar-refractivity contribution is -0.139. The van der Waals surface area contributed by atoms with E-state index in [4.69, 9.17) is 21.1 Å². The highest BCUT2D eigenvalue weighted by Gasteiger charge is 2.33. The van der Waals surface area contributed by atoms with E-state index >= 15 is 0 Å². The summed E-state index contributed by atoms with van der Waals surface area (Å²) in [6, 6.07) is 16.8. The minimum atomic E-state index is -4.30. The number of nitrogens with one attached hydrogen (secondary N) is 1. The number of carbonyl (C=O) groups excluding carboxylic acids is 2. The van der Waals surface area contributed by atoms with E-state index in [1.165, 1.54) is 49.5 Å². The van der Waals surface area contributed by atoms with Gasteiger partial charge in [0, 0.05) is 28.7 Å². The molecule has 0 spiro atoms. The SMILES string of the molecule is CCCCNC(=O)C(C)N(Cc1cccc(Br)c1)C(=O)CN(c1ccc(Cl)cc1)S(=O)(=O)c1ccc(OC)c(OC)c1. The Labute approximate surface area is 260 Å². The smallest absolute Gasteiger partial charge is 0.264 e. The number of rotatable bonds is 14. The zero-order valence-electron chi connectivity index (χ0n) is 24.0. The zero-order chi connectivity index (χ0) is 30.9. The lowest BCUT2D eigenvalue weighted by atomic mass is 10.1. The number of unbranched alkanes of at least 4 members (excludes halogenated alkanes) is 1. The van der Waals surface area contributed by atoms with Gasteiger partial charge in [0.15, 0.2) is 11.5 Å². The molecule has 0 aliphatic rings. The Morgan fingerprint density at radius 1 is 1.00 bits per heavy atom. The Bertz CT molecular complexity index is 1490. The van der Waals surface area contributed by atoms with Crippen molar-refractivity contribution >= 4 is 55.1 Å². The summed E-state index contributed by atoms with van der Waals surface area (Å²) in [4.78, 5) is 28.4. The van der Waals surface area contributed by atoms with Crippen LogP contribution in [0.15, 0.2) is 76.1 Å². The molecule has 0 aliphatic heterocycles. The molecule has 0 bridgehead atoms. The maximum absolute atomic E-state index is 14.1. The van der Waals surface area contributed by atoms with Crippen LogP contribution < -0.4 is 19.1 Å². The molecule has 0 saturated heterocycles. The van der Waals surface area contributed by atoms with Crippen molar-refractivity contribution in [3.63, 3.8) is 0 Å². The van der Waals surface area contributed by atoms with Gasteiger partial charge in [-0.15, -0.1) is 0 Å². The minimum Gasteiger partial charge on any atom is -0.493 e. The largest absolute Gasteiger partial charge is 0.493 e. The van der Waals surface area contributed by atoms with Gasteiger partial charge in [-0.2, -0.15) is 0 Å². The van der Waals surface area contributed by atoms with Crippen LogP contribution in [-0.4, -0.2) is 58.5 Å². The molecule has 2 amide bonds. The van der Waals surface area contributed by atoms with E-state index in [1.807, 2.05) is 31.2 Å². The van der Waals surface area contributed by atoms with Crippen molar-refractivity contribution < 1.29 is 27.5 Å². The molecule has 0 saturated carbocycles. The lowest BCUT2D eigenvalue weighted by Gasteiger charge is -2.32. The van der Waals surface area contributed by atoms with Gasteiger partial charge < -0.3 is 19.7 Å². The Hall–Kier alpha value is -3.28. The molecule has 42 heavy (non-hydrogen) atoms. The summed E-state index contributed by atoms with van der Waals surface area (Å²) in [5.41, 5.74) is 0.997. The lowest BCUT2D eigenvalue weighted by Crippen LogP contribution is -2.51. The minimum absolute atomic E-state index is 0.0888. The van der Waals surface area contributed by atoms with E-state index in [2.05, 4.69) is 21.2 Å². The van der Waals surface area contributed by atoms with Crippen LogP contribution in [0.1, 0.15) is 32.3 Å². The summed E-state index contributed by atoms with van der Waals surface area (Å²) in [5.74, 6) is -0.317. The first-order valence-corrected chi connectivity index (χ1v) is 15.9. The van der Waals surface area contributed by atoms with Gasteiger partial charge in [0.25, 0.3) is 10.0 Å². The Morgan fingerprint density at radius 3 is 2.31 bits per heavy atom. The van der Waals surface area contributed by atoms with Crippen LogP contribution in [0.4, 0.5) is 5.69 Å². The summed E-state index contributed by atoms with van der Waals surface area (Å²) in [6.07, 6.45) is 1.70. The van der Waals surface area contributed by atoms with Gasteiger partial charge in [-0.05, 0) is 67.4 Å². The van der Waals surface area contributed by atoms with E-state index < -0.39 is 28.5 Å². The molecule has 0 fully saturated rings. The van der Waals surface area contributed by atoms with E-state index in [9.17, 15) is 18.0 Å². The molecular formula is C30H35BrClN3O6S. The number of anilines is 1. The first-order chi connectivity index (χ1) is 20.0. The molecule has 9 nitrogen and oxygen atoms in total. The average molecular weight is 681 g/mol. The molecule has 12 heteroatoms. The molecule has 1 atom stereocenters. The second-order valence-corrected chi connectivity index (χ2v) is 12.7. The molecular weight excluding hydrogens is 646 g/mol. The van der Waals surface area contributed by atoms with Crippen molar-refractivity contribution in [2.24, 2.45) is 0 Å². The number of sulfonamides is 1. The predicted octanol–water partition coefficient (Wildman–Crippen LogP) is 5.65. The molecule has 0 aliphatic carbocycles. The Morgan fingerprint density at radius 2 is 1.69 bits per heavy atom. The molecule has 0 heterocycles. The topological polar surface area (TPSA) is 105 Å². The zero-order valence-corrected chi connectivity index (χ0v) is 27.1. The van der Waals surface area contributed by atoms with Gasteiger partial charge in [-0.3, -0.25) is 13.9 Å². The Balaban J connectivity index is 2.04. The second-order valence-electron chi connectivity index (χ2n) is 9.48. The number of ether oxygens (including phenoxy) is 2. The van der Waals surface area contributed by atoms with E-state index in [0.29, 0.717) is 17.3 Å². The van der Waals surface area contributed by atoms with Crippen LogP contribution in [-0.2, 0) is 26.2 Å². The quantitative estimate of drug-likeness (QED) is 0.221. The number of hydrogen-bond acceptors (Lipinski definition) is 6. The predicted molar refractivity (Wildman–Crippen MR) is 168 cm³/mol. The van der Waals surface area contributed by atoms with Crippen LogP contribution in [0, 0.1) is 0 Å². The van der Waals surface area contributed by atoms with Crippen molar-refractivity contribution in [2.75, 3.05) is 31.6 Å². The number of nitrogens with zero attached hydrogens (tertiary/aromatic N) is 2. The summed E-state index contributed by atoms with van der Waals surface area (Å²) < 4.78 is 40.5. The number of amides is 2. The van der Waals surface area contributed by atoms with Crippen molar-refractivity contribution in [3.05, 3.63) is 81.8 Å². The highest BCUT2D eigenvalue weighted by atomic mass is 79.9. The van der Waals surface area contributed by atoms with Gasteiger partial charge in [0.05, 0.1) is 24.8 Å². The maximum atomic E-state index is 14.1. The second kappa shape index (κ2) is 15.3. The van der Waals surface area contributed by atoms with Gasteiger partial charge in [-0.25, -0.2) is 8.42 Å². The fraction of sp³-hybridized carbons (Fsp3) is 0.333. The molecule has 226 valence electrons. The highest BCUT2D eigenvalue weighted by molar-refractivity contribution is 9.10. The van der Waals surface area contributed by atoms with Crippen LogP contribution >= 0.6 is 27.5 Å². The fourth-order valence-corrected chi connectivity index (χ4v) is 6.19. The van der Waals surface area contributed by atoms with Crippen molar-refractivity contribution in [3.8, 4) is 11.5 Å². The average Bonchev–Trinajstić information content (AvgIpc) is 2.98. The summed E-state index contributed by atoms with van der Waals surface area (Å²) in [5, 5.41) is 3.28. The molecule has 3 rings (SSSR count). The van der Waals surface area contributed by atoms with Crippen LogP contribution in [0.2, 0.25) is 5.02 Å². The summed E-state index contributed by atoms with van der Waals surface area (Å²) in [7, 11) is -1.44. The standard InChI is InChI=1S/C30H35BrClN3O6S/c1-5-6-16-33-30(37)21(2)34(19-22-8-7-9-23(31)17-22)29(36)20-35(25-12-10-24(32)11-13-25)42(38,39)26-14-15-27(40-3)28(18-26)41-4/h7-15,17-18,21H,5-6,16,19-20H2,1-4H3,(H,33,37).